The fraction of sp³-hybridized carbons (Fsp3) is 0.385. The zero-order valence-corrected chi connectivity index (χ0v) is 12.3. The van der Waals surface area contributed by atoms with Crippen molar-refractivity contribution in [2.75, 3.05) is 0 Å². The van der Waals surface area contributed by atoms with Crippen LogP contribution in [0, 0.1) is 0 Å². The lowest BCUT2D eigenvalue weighted by Crippen LogP contribution is -2.12. The average Bonchev–Trinajstić information content (AvgIpc) is 2.34. The lowest BCUT2D eigenvalue weighted by molar-refractivity contribution is -0.151. The number of alkyl halides is 1. The molecular weight excluding hydrogens is 347 g/mol. The van der Waals surface area contributed by atoms with Crippen molar-refractivity contribution >= 4 is 34.5 Å². The van der Waals surface area contributed by atoms with Gasteiger partial charge in [0.2, 0.25) is 0 Å². The number of benzene rings is 1. The van der Waals surface area contributed by atoms with Crippen LogP contribution in [0.15, 0.2) is 30.3 Å². The number of esters is 2. The summed E-state index contributed by atoms with van der Waals surface area (Å²) in [5.41, 5.74) is 0.925. The van der Waals surface area contributed by atoms with Crippen molar-refractivity contribution in [2.24, 2.45) is 0 Å². The number of carbonyl (C=O) groups excluding carboxylic acids is 2. The Bertz CT molecular complexity index is 389. The molecule has 0 saturated carbocycles. The molecule has 0 heterocycles. The molecule has 18 heavy (non-hydrogen) atoms. The zero-order chi connectivity index (χ0) is 13.4. The molecule has 0 fully saturated rings. The molecule has 1 aromatic carbocycles. The Morgan fingerprint density at radius 2 is 1.78 bits per heavy atom. The maximum absolute atomic E-state index is 11.4. The summed E-state index contributed by atoms with van der Waals surface area (Å²) in [7, 11) is 0. The number of ether oxygens (including phenoxy) is 2. The molecule has 1 unspecified atom stereocenters. The van der Waals surface area contributed by atoms with Gasteiger partial charge in [0.15, 0.2) is 0 Å². The number of hydrogen-bond acceptors (Lipinski definition) is 4. The molecule has 0 aliphatic heterocycles. The fourth-order valence-corrected chi connectivity index (χ4v) is 1.54. The maximum Gasteiger partial charge on any atom is 0.307 e. The first-order chi connectivity index (χ1) is 8.58. The van der Waals surface area contributed by atoms with Gasteiger partial charge in [-0.1, -0.05) is 30.3 Å². The molecule has 0 bridgehead atoms. The largest absolute Gasteiger partial charge is 0.461 e. The highest BCUT2D eigenvalue weighted by Gasteiger charge is 2.10. The SMILES string of the molecule is CC(I)OC(=O)CCC(=O)OCc1ccccc1. The van der Waals surface area contributed by atoms with E-state index >= 15 is 0 Å². The van der Waals surface area contributed by atoms with Gasteiger partial charge in [-0.25, -0.2) is 0 Å². The van der Waals surface area contributed by atoms with Gasteiger partial charge in [0.05, 0.1) is 12.8 Å². The molecule has 1 aromatic rings. The molecule has 0 aliphatic carbocycles. The minimum absolute atomic E-state index is 0.0506. The van der Waals surface area contributed by atoms with Crippen LogP contribution in [0.25, 0.3) is 0 Å². The summed E-state index contributed by atoms with van der Waals surface area (Å²) in [4.78, 5) is 22.6. The monoisotopic (exact) mass is 362 g/mol. The van der Waals surface area contributed by atoms with E-state index in [1.54, 1.807) is 6.92 Å². The zero-order valence-electron chi connectivity index (χ0n) is 10.1. The van der Waals surface area contributed by atoms with E-state index in [0.717, 1.165) is 5.56 Å². The molecule has 5 heteroatoms. The van der Waals surface area contributed by atoms with Crippen molar-refractivity contribution < 1.29 is 19.1 Å². The average molecular weight is 362 g/mol. The van der Waals surface area contributed by atoms with Crippen molar-refractivity contribution in [3.05, 3.63) is 35.9 Å². The molecule has 0 radical (unpaired) electrons. The molecule has 0 aliphatic rings. The summed E-state index contributed by atoms with van der Waals surface area (Å²) in [6, 6.07) is 9.40. The fourth-order valence-electron chi connectivity index (χ4n) is 1.25. The maximum atomic E-state index is 11.4. The Morgan fingerprint density at radius 1 is 1.17 bits per heavy atom. The standard InChI is InChI=1S/C13H15IO4/c1-10(14)18-13(16)8-7-12(15)17-9-11-5-3-2-4-6-11/h2-6,10H,7-9H2,1H3. The summed E-state index contributed by atoms with van der Waals surface area (Å²) in [5.74, 6) is -0.773. The molecular formula is C13H15IO4. The second-order valence-electron chi connectivity index (χ2n) is 3.68. The first-order valence-electron chi connectivity index (χ1n) is 5.61. The van der Waals surface area contributed by atoms with E-state index in [-0.39, 0.29) is 29.5 Å². The molecule has 1 atom stereocenters. The highest BCUT2D eigenvalue weighted by molar-refractivity contribution is 14.1. The Labute approximate surface area is 120 Å². The smallest absolute Gasteiger partial charge is 0.307 e. The number of rotatable bonds is 6. The van der Waals surface area contributed by atoms with Gasteiger partial charge in [0, 0.05) is 0 Å². The molecule has 1 rings (SSSR count). The van der Waals surface area contributed by atoms with E-state index in [4.69, 9.17) is 9.47 Å². The van der Waals surface area contributed by atoms with Crippen molar-refractivity contribution in [1.29, 1.82) is 0 Å². The van der Waals surface area contributed by atoms with Crippen LogP contribution in [0.2, 0.25) is 0 Å². The van der Waals surface area contributed by atoms with Gasteiger partial charge >= 0.3 is 11.9 Å². The van der Waals surface area contributed by atoms with E-state index in [2.05, 4.69) is 0 Å². The van der Waals surface area contributed by atoms with Gasteiger partial charge in [-0.15, -0.1) is 0 Å². The lowest BCUT2D eigenvalue weighted by atomic mass is 10.2. The quantitative estimate of drug-likeness (QED) is 0.444. The summed E-state index contributed by atoms with van der Waals surface area (Å²) in [6.45, 7) is 1.99. The molecule has 0 N–H and O–H groups in total. The van der Waals surface area contributed by atoms with Crippen LogP contribution < -0.4 is 0 Å². The van der Waals surface area contributed by atoms with E-state index in [9.17, 15) is 9.59 Å². The van der Waals surface area contributed by atoms with Gasteiger partial charge < -0.3 is 9.47 Å². The second kappa shape index (κ2) is 8.07. The van der Waals surface area contributed by atoms with Crippen LogP contribution in [0.5, 0.6) is 0 Å². The summed E-state index contributed by atoms with van der Waals surface area (Å²) >= 11 is 1.98. The van der Waals surface area contributed by atoms with Crippen LogP contribution in [-0.2, 0) is 25.7 Å². The molecule has 4 nitrogen and oxygen atoms in total. The Kier molecular flexibility index (Phi) is 6.70. The Hall–Kier alpha value is -1.11. The third-order valence-corrected chi connectivity index (χ3v) is 2.32. The third-order valence-electron chi connectivity index (χ3n) is 2.07. The number of hydrogen-bond donors (Lipinski definition) is 0. The van der Waals surface area contributed by atoms with Crippen LogP contribution in [0.3, 0.4) is 0 Å². The lowest BCUT2D eigenvalue weighted by Gasteiger charge is -2.07. The van der Waals surface area contributed by atoms with Crippen LogP contribution in [-0.4, -0.2) is 16.0 Å². The number of carbonyl (C=O) groups is 2. The van der Waals surface area contributed by atoms with Gasteiger partial charge in [-0.05, 0) is 35.1 Å². The minimum atomic E-state index is -0.392. The molecule has 0 spiro atoms. The van der Waals surface area contributed by atoms with Crippen LogP contribution in [0.1, 0.15) is 25.3 Å². The van der Waals surface area contributed by atoms with Crippen LogP contribution in [0.4, 0.5) is 0 Å². The summed E-state index contributed by atoms with van der Waals surface area (Å²) in [6.07, 6.45) is 0.107. The Balaban J connectivity index is 2.20. The van der Waals surface area contributed by atoms with Gasteiger partial charge in [-0.2, -0.15) is 0 Å². The van der Waals surface area contributed by atoms with Crippen molar-refractivity contribution in [3.63, 3.8) is 0 Å². The second-order valence-corrected chi connectivity index (χ2v) is 5.43. The van der Waals surface area contributed by atoms with Crippen molar-refractivity contribution in [3.8, 4) is 0 Å². The van der Waals surface area contributed by atoms with E-state index in [0.29, 0.717) is 0 Å². The van der Waals surface area contributed by atoms with Gasteiger partial charge in [0.25, 0.3) is 0 Å². The van der Waals surface area contributed by atoms with Crippen LogP contribution >= 0.6 is 22.6 Å². The van der Waals surface area contributed by atoms with Crippen molar-refractivity contribution in [1.82, 2.24) is 0 Å². The van der Waals surface area contributed by atoms with E-state index in [1.807, 2.05) is 52.9 Å². The van der Waals surface area contributed by atoms with E-state index < -0.39 is 5.97 Å². The predicted molar refractivity (Wildman–Crippen MR) is 75.0 cm³/mol. The molecule has 0 amide bonds. The molecule has 0 aromatic heterocycles. The highest BCUT2D eigenvalue weighted by Crippen LogP contribution is 2.06. The normalized spacial score (nSPS) is 11.7. The Morgan fingerprint density at radius 3 is 2.39 bits per heavy atom. The van der Waals surface area contributed by atoms with E-state index in [1.165, 1.54) is 0 Å². The first-order valence-corrected chi connectivity index (χ1v) is 6.85. The first kappa shape index (κ1) is 14.9. The van der Waals surface area contributed by atoms with Crippen molar-refractivity contribution in [2.45, 2.75) is 30.5 Å². The molecule has 98 valence electrons. The third kappa shape index (κ3) is 6.58. The predicted octanol–water partition coefficient (Wildman–Crippen LogP) is 2.83. The van der Waals surface area contributed by atoms with Gasteiger partial charge in [0.1, 0.15) is 10.7 Å². The minimum Gasteiger partial charge on any atom is -0.461 e. The number of halogens is 1. The van der Waals surface area contributed by atoms with Gasteiger partial charge in [-0.3, -0.25) is 9.59 Å². The topological polar surface area (TPSA) is 52.6 Å². The summed E-state index contributed by atoms with van der Waals surface area (Å²) in [5, 5.41) is 0. The summed E-state index contributed by atoms with van der Waals surface area (Å²) < 4.78 is 9.75. The molecule has 0 saturated heterocycles. The highest BCUT2D eigenvalue weighted by atomic mass is 127.